The minimum Gasteiger partial charge on any atom is -0.497 e. The highest BCUT2D eigenvalue weighted by atomic mass is 16.5. The Kier molecular flexibility index (Phi) is 5.77. The number of aryl methyl sites for hydroxylation is 1. The summed E-state index contributed by atoms with van der Waals surface area (Å²) in [5.74, 6) is 2.40. The van der Waals surface area contributed by atoms with Crippen LogP contribution in [0, 0.1) is 0 Å². The maximum Gasteiger partial charge on any atom is 0.241 e. The molecule has 0 bridgehead atoms. The van der Waals surface area contributed by atoms with E-state index in [1.54, 1.807) is 20.3 Å². The fourth-order valence-electron chi connectivity index (χ4n) is 3.37. The number of methoxy groups -OCH3 is 2. The maximum atomic E-state index is 5.93. The maximum absolute atomic E-state index is 5.93. The number of benzene rings is 1. The number of aromatic nitrogens is 4. The summed E-state index contributed by atoms with van der Waals surface area (Å²) in [6.45, 7) is 5.68. The van der Waals surface area contributed by atoms with Gasteiger partial charge in [-0.2, -0.15) is 10.1 Å². The van der Waals surface area contributed by atoms with Crippen molar-refractivity contribution in [2.24, 2.45) is 0 Å². The van der Waals surface area contributed by atoms with Gasteiger partial charge in [-0.3, -0.25) is 9.58 Å². The van der Waals surface area contributed by atoms with E-state index in [2.05, 4.69) is 27.1 Å². The molecule has 3 aromatic rings. The van der Waals surface area contributed by atoms with E-state index >= 15 is 0 Å². The molecule has 29 heavy (non-hydrogen) atoms. The first kappa shape index (κ1) is 19.4. The summed E-state index contributed by atoms with van der Waals surface area (Å²) in [4.78, 5) is 6.81. The number of rotatable bonds is 7. The Balaban J connectivity index is 1.45. The third-order valence-corrected chi connectivity index (χ3v) is 4.98. The fraction of sp³-hybridized carbons (Fsp3) is 0.450. The highest BCUT2D eigenvalue weighted by Crippen LogP contribution is 2.32. The summed E-state index contributed by atoms with van der Waals surface area (Å²) in [5.41, 5.74) is 1.85. The Morgan fingerprint density at radius 2 is 2.14 bits per heavy atom. The zero-order valence-corrected chi connectivity index (χ0v) is 16.9. The molecule has 0 spiro atoms. The first-order chi connectivity index (χ1) is 14.2. The standard InChI is InChI=1S/C20H25N5O4/c1-4-25-11-14(10-21-25)18-12-24(7-8-28-18)13-19-22-20(23-29-19)16-6-5-15(26-2)9-17(16)27-3/h5-6,9-11,18H,4,7-8,12-13H2,1-3H3. The van der Waals surface area contributed by atoms with Gasteiger partial charge in [0.05, 0.1) is 45.2 Å². The lowest BCUT2D eigenvalue weighted by Crippen LogP contribution is -2.37. The topological polar surface area (TPSA) is 87.7 Å². The predicted octanol–water partition coefficient (Wildman–Crippen LogP) is 2.54. The molecule has 1 aromatic carbocycles. The van der Waals surface area contributed by atoms with E-state index in [1.165, 1.54) is 0 Å². The molecule has 1 saturated heterocycles. The van der Waals surface area contributed by atoms with E-state index in [9.17, 15) is 0 Å². The monoisotopic (exact) mass is 399 g/mol. The van der Waals surface area contributed by atoms with E-state index in [-0.39, 0.29) is 6.10 Å². The Hall–Kier alpha value is -2.91. The van der Waals surface area contributed by atoms with E-state index in [0.717, 1.165) is 30.8 Å². The van der Waals surface area contributed by atoms with Gasteiger partial charge >= 0.3 is 0 Å². The molecular formula is C20H25N5O4. The largest absolute Gasteiger partial charge is 0.497 e. The Morgan fingerprint density at radius 3 is 2.90 bits per heavy atom. The zero-order chi connectivity index (χ0) is 20.2. The quantitative estimate of drug-likeness (QED) is 0.599. The lowest BCUT2D eigenvalue weighted by molar-refractivity contribution is -0.0356. The number of nitrogens with zero attached hydrogens (tertiary/aromatic N) is 5. The third kappa shape index (κ3) is 4.25. The molecule has 0 radical (unpaired) electrons. The molecular weight excluding hydrogens is 374 g/mol. The molecule has 1 aliphatic heterocycles. The molecule has 1 unspecified atom stereocenters. The van der Waals surface area contributed by atoms with Crippen LogP contribution in [-0.4, -0.2) is 58.7 Å². The SMILES string of the molecule is CCn1cc(C2CN(Cc3nc(-c4ccc(OC)cc4OC)no3)CCO2)cn1. The van der Waals surface area contributed by atoms with Crippen LogP contribution in [0.4, 0.5) is 0 Å². The van der Waals surface area contributed by atoms with Crippen molar-refractivity contribution in [2.75, 3.05) is 33.9 Å². The molecule has 0 saturated carbocycles. The predicted molar refractivity (Wildman–Crippen MR) is 105 cm³/mol. The molecule has 0 N–H and O–H groups in total. The van der Waals surface area contributed by atoms with Crippen LogP contribution >= 0.6 is 0 Å². The van der Waals surface area contributed by atoms with E-state index < -0.39 is 0 Å². The molecule has 9 heteroatoms. The smallest absolute Gasteiger partial charge is 0.241 e. The van der Waals surface area contributed by atoms with Crippen LogP contribution < -0.4 is 9.47 Å². The Bertz CT molecular complexity index is 954. The van der Waals surface area contributed by atoms with Gasteiger partial charge in [0.2, 0.25) is 11.7 Å². The minimum absolute atomic E-state index is 0.00637. The molecule has 4 rings (SSSR count). The van der Waals surface area contributed by atoms with Crippen LogP contribution in [0.1, 0.15) is 24.5 Å². The second kappa shape index (κ2) is 8.62. The first-order valence-corrected chi connectivity index (χ1v) is 9.61. The van der Waals surface area contributed by atoms with Crippen molar-refractivity contribution >= 4 is 0 Å². The van der Waals surface area contributed by atoms with Crippen LogP contribution in [0.15, 0.2) is 35.1 Å². The van der Waals surface area contributed by atoms with E-state index in [1.807, 2.05) is 29.2 Å². The van der Waals surface area contributed by atoms with Crippen LogP contribution in [0.3, 0.4) is 0 Å². The average molecular weight is 399 g/mol. The number of hydrogen-bond donors (Lipinski definition) is 0. The van der Waals surface area contributed by atoms with Gasteiger partial charge in [-0.25, -0.2) is 0 Å². The van der Waals surface area contributed by atoms with Crippen molar-refractivity contribution in [1.82, 2.24) is 24.8 Å². The highest BCUT2D eigenvalue weighted by Gasteiger charge is 2.25. The normalized spacial score (nSPS) is 17.4. The summed E-state index contributed by atoms with van der Waals surface area (Å²) in [6, 6.07) is 5.51. The second-order valence-corrected chi connectivity index (χ2v) is 6.80. The lowest BCUT2D eigenvalue weighted by atomic mass is 10.1. The van der Waals surface area contributed by atoms with Crippen molar-refractivity contribution in [3.05, 3.63) is 42.0 Å². The van der Waals surface area contributed by atoms with Gasteiger partial charge in [0.25, 0.3) is 0 Å². The first-order valence-electron chi connectivity index (χ1n) is 9.61. The van der Waals surface area contributed by atoms with Crippen LogP contribution in [0.5, 0.6) is 11.5 Å². The van der Waals surface area contributed by atoms with Crippen molar-refractivity contribution in [3.63, 3.8) is 0 Å². The van der Waals surface area contributed by atoms with Gasteiger partial charge in [-0.05, 0) is 19.1 Å². The molecule has 9 nitrogen and oxygen atoms in total. The summed E-state index contributed by atoms with van der Waals surface area (Å²) in [7, 11) is 3.22. The van der Waals surface area contributed by atoms with Gasteiger partial charge in [-0.15, -0.1) is 0 Å². The summed E-state index contributed by atoms with van der Waals surface area (Å²) < 4.78 is 24.0. The van der Waals surface area contributed by atoms with Crippen molar-refractivity contribution < 1.29 is 18.7 Å². The molecule has 3 heterocycles. The van der Waals surface area contributed by atoms with Crippen molar-refractivity contribution in [1.29, 1.82) is 0 Å². The second-order valence-electron chi connectivity index (χ2n) is 6.80. The third-order valence-electron chi connectivity index (χ3n) is 4.98. The molecule has 0 aliphatic carbocycles. The van der Waals surface area contributed by atoms with Crippen molar-refractivity contribution in [3.8, 4) is 22.9 Å². The van der Waals surface area contributed by atoms with Crippen LogP contribution in [0.2, 0.25) is 0 Å². The number of hydrogen-bond acceptors (Lipinski definition) is 8. The summed E-state index contributed by atoms with van der Waals surface area (Å²) >= 11 is 0. The zero-order valence-electron chi connectivity index (χ0n) is 16.9. The molecule has 1 atom stereocenters. The number of ether oxygens (including phenoxy) is 3. The van der Waals surface area contributed by atoms with Gasteiger partial charge < -0.3 is 18.7 Å². The molecule has 1 fully saturated rings. The minimum atomic E-state index is -0.00637. The highest BCUT2D eigenvalue weighted by molar-refractivity contribution is 5.65. The van der Waals surface area contributed by atoms with Gasteiger partial charge in [-0.1, -0.05) is 5.16 Å². The number of morpholine rings is 1. The van der Waals surface area contributed by atoms with E-state index in [0.29, 0.717) is 36.4 Å². The summed E-state index contributed by atoms with van der Waals surface area (Å²) in [6.07, 6.45) is 3.90. The lowest BCUT2D eigenvalue weighted by Gasteiger charge is -2.31. The Labute approximate surface area is 169 Å². The van der Waals surface area contributed by atoms with Crippen LogP contribution in [-0.2, 0) is 17.8 Å². The molecule has 154 valence electrons. The van der Waals surface area contributed by atoms with Gasteiger partial charge in [0, 0.05) is 37.5 Å². The van der Waals surface area contributed by atoms with Gasteiger partial charge in [0.1, 0.15) is 11.5 Å². The molecule has 2 aromatic heterocycles. The van der Waals surface area contributed by atoms with Gasteiger partial charge in [0.15, 0.2) is 0 Å². The van der Waals surface area contributed by atoms with Crippen LogP contribution in [0.25, 0.3) is 11.4 Å². The Morgan fingerprint density at radius 1 is 1.24 bits per heavy atom. The van der Waals surface area contributed by atoms with E-state index in [4.69, 9.17) is 18.7 Å². The average Bonchev–Trinajstić information content (AvgIpc) is 3.43. The fourth-order valence-corrected chi connectivity index (χ4v) is 3.37. The molecule has 0 amide bonds. The molecule has 1 aliphatic rings. The van der Waals surface area contributed by atoms with Crippen molar-refractivity contribution in [2.45, 2.75) is 26.1 Å². The summed E-state index contributed by atoms with van der Waals surface area (Å²) in [5, 5.41) is 8.47.